The molecule has 0 amide bonds. The van der Waals surface area contributed by atoms with Crippen molar-refractivity contribution in [3.8, 4) is 16.9 Å². The second kappa shape index (κ2) is 6.47. The summed E-state index contributed by atoms with van der Waals surface area (Å²) in [4.78, 5) is 11.9. The minimum atomic E-state index is -1.15. The van der Waals surface area contributed by atoms with Crippen molar-refractivity contribution >= 4 is 5.78 Å². The Bertz CT molecular complexity index is 1100. The van der Waals surface area contributed by atoms with Crippen LogP contribution in [-0.2, 0) is 6.61 Å². The molecule has 0 saturated heterocycles. The first-order valence-electron chi connectivity index (χ1n) is 7.62. The molecule has 0 aliphatic carbocycles. The van der Waals surface area contributed by atoms with Crippen LogP contribution in [0, 0.1) is 17.6 Å². The van der Waals surface area contributed by atoms with Crippen molar-refractivity contribution < 1.29 is 17.9 Å². The zero-order chi connectivity index (χ0) is 18.1. The standard InChI is InChI=1S/C18H11F3N4O/c19-13-2-1-3-15(5-13)26-10-14-9-25-8-12(7-23-18(25)24-14)11-4-16(20)17(21)22-6-11/h1-9H,10H2. The van der Waals surface area contributed by atoms with E-state index in [0.29, 0.717) is 28.3 Å². The maximum absolute atomic E-state index is 13.4. The van der Waals surface area contributed by atoms with Gasteiger partial charge in [-0.05, 0) is 18.2 Å². The number of rotatable bonds is 4. The van der Waals surface area contributed by atoms with Crippen LogP contribution in [0.4, 0.5) is 13.2 Å². The van der Waals surface area contributed by atoms with Crippen molar-refractivity contribution in [2.75, 3.05) is 0 Å². The predicted molar refractivity (Wildman–Crippen MR) is 86.9 cm³/mol. The number of aromatic nitrogens is 4. The molecule has 4 aromatic rings. The quantitative estimate of drug-likeness (QED) is 0.522. The highest BCUT2D eigenvalue weighted by Gasteiger charge is 2.09. The van der Waals surface area contributed by atoms with E-state index in [1.165, 1.54) is 24.5 Å². The Morgan fingerprint density at radius 3 is 2.62 bits per heavy atom. The second-order valence-electron chi connectivity index (χ2n) is 5.52. The molecule has 0 atom stereocenters. The molecule has 0 aliphatic rings. The van der Waals surface area contributed by atoms with E-state index < -0.39 is 11.8 Å². The van der Waals surface area contributed by atoms with E-state index in [0.717, 1.165) is 6.07 Å². The van der Waals surface area contributed by atoms with Crippen LogP contribution in [0.2, 0.25) is 0 Å². The number of ether oxygens (including phenoxy) is 1. The summed E-state index contributed by atoms with van der Waals surface area (Å²) in [6, 6.07) is 6.86. The number of nitrogens with zero attached hydrogens (tertiary/aromatic N) is 4. The Balaban J connectivity index is 1.58. The number of fused-ring (bicyclic) bond motifs is 1. The van der Waals surface area contributed by atoms with Crippen molar-refractivity contribution in [2.24, 2.45) is 0 Å². The molecule has 3 heterocycles. The summed E-state index contributed by atoms with van der Waals surface area (Å²) in [6.07, 6.45) is 6.09. The Hall–Kier alpha value is -3.42. The largest absolute Gasteiger partial charge is 0.487 e. The number of benzene rings is 1. The van der Waals surface area contributed by atoms with Gasteiger partial charge in [0.15, 0.2) is 5.82 Å². The molecule has 0 unspecified atom stereocenters. The fraction of sp³-hybridized carbons (Fsp3) is 0.0556. The van der Waals surface area contributed by atoms with Crippen molar-refractivity contribution in [2.45, 2.75) is 6.61 Å². The van der Waals surface area contributed by atoms with Gasteiger partial charge in [-0.3, -0.25) is 4.40 Å². The van der Waals surface area contributed by atoms with E-state index in [4.69, 9.17) is 4.74 Å². The molecule has 3 aromatic heterocycles. The first kappa shape index (κ1) is 16.1. The van der Waals surface area contributed by atoms with Gasteiger partial charge in [0.2, 0.25) is 11.7 Å². The zero-order valence-corrected chi connectivity index (χ0v) is 13.2. The van der Waals surface area contributed by atoms with Crippen LogP contribution in [0.1, 0.15) is 5.69 Å². The molecule has 0 N–H and O–H groups in total. The summed E-state index contributed by atoms with van der Waals surface area (Å²) < 4.78 is 46.6. The van der Waals surface area contributed by atoms with Crippen LogP contribution in [-0.4, -0.2) is 19.4 Å². The summed E-state index contributed by atoms with van der Waals surface area (Å²) in [5.74, 6) is -1.76. The number of halogens is 3. The van der Waals surface area contributed by atoms with Crippen molar-refractivity contribution in [3.63, 3.8) is 0 Å². The fourth-order valence-corrected chi connectivity index (χ4v) is 2.45. The molecule has 0 saturated carbocycles. The van der Waals surface area contributed by atoms with Gasteiger partial charge in [-0.1, -0.05) is 6.07 Å². The highest BCUT2D eigenvalue weighted by atomic mass is 19.2. The number of hydrogen-bond donors (Lipinski definition) is 0. The van der Waals surface area contributed by atoms with Crippen LogP contribution < -0.4 is 4.74 Å². The van der Waals surface area contributed by atoms with E-state index in [9.17, 15) is 13.2 Å². The van der Waals surface area contributed by atoms with Crippen LogP contribution in [0.25, 0.3) is 16.9 Å². The molecular formula is C18H11F3N4O. The normalized spacial score (nSPS) is 11.0. The molecule has 8 heteroatoms. The second-order valence-corrected chi connectivity index (χ2v) is 5.52. The van der Waals surface area contributed by atoms with Gasteiger partial charge in [-0.2, -0.15) is 4.39 Å². The Morgan fingerprint density at radius 2 is 1.81 bits per heavy atom. The average Bonchev–Trinajstić information content (AvgIpc) is 3.04. The first-order chi connectivity index (χ1) is 12.6. The van der Waals surface area contributed by atoms with Gasteiger partial charge in [0.05, 0.1) is 5.69 Å². The molecule has 0 bridgehead atoms. The third kappa shape index (κ3) is 3.21. The highest BCUT2D eigenvalue weighted by Crippen LogP contribution is 2.20. The molecule has 26 heavy (non-hydrogen) atoms. The van der Waals surface area contributed by atoms with E-state index in [1.54, 1.807) is 28.9 Å². The third-order valence-electron chi connectivity index (χ3n) is 3.67. The Labute approximate surface area is 145 Å². The maximum Gasteiger partial charge on any atom is 0.248 e. The fourth-order valence-electron chi connectivity index (χ4n) is 2.45. The number of imidazole rings is 1. The summed E-state index contributed by atoms with van der Waals surface area (Å²) in [7, 11) is 0. The zero-order valence-electron chi connectivity index (χ0n) is 13.2. The maximum atomic E-state index is 13.4. The lowest BCUT2D eigenvalue weighted by atomic mass is 10.1. The summed E-state index contributed by atoms with van der Waals surface area (Å²) in [5, 5.41) is 0. The van der Waals surface area contributed by atoms with E-state index in [2.05, 4.69) is 15.0 Å². The van der Waals surface area contributed by atoms with Gasteiger partial charge in [0.1, 0.15) is 18.2 Å². The summed E-state index contributed by atoms with van der Waals surface area (Å²) >= 11 is 0. The van der Waals surface area contributed by atoms with Gasteiger partial charge >= 0.3 is 0 Å². The number of hydrogen-bond acceptors (Lipinski definition) is 4. The molecule has 0 spiro atoms. The first-order valence-corrected chi connectivity index (χ1v) is 7.62. The monoisotopic (exact) mass is 356 g/mol. The molecule has 0 aliphatic heterocycles. The van der Waals surface area contributed by atoms with E-state index in [1.807, 2.05) is 0 Å². The Morgan fingerprint density at radius 1 is 0.962 bits per heavy atom. The predicted octanol–water partition coefficient (Wildman–Crippen LogP) is 3.79. The molecule has 0 radical (unpaired) electrons. The smallest absolute Gasteiger partial charge is 0.248 e. The van der Waals surface area contributed by atoms with Crippen LogP contribution in [0.3, 0.4) is 0 Å². The molecule has 5 nitrogen and oxygen atoms in total. The number of pyridine rings is 1. The van der Waals surface area contributed by atoms with Gasteiger partial charge < -0.3 is 4.74 Å². The molecular weight excluding hydrogens is 345 g/mol. The van der Waals surface area contributed by atoms with Gasteiger partial charge in [0.25, 0.3) is 0 Å². The van der Waals surface area contributed by atoms with E-state index >= 15 is 0 Å². The van der Waals surface area contributed by atoms with Crippen molar-refractivity contribution in [1.29, 1.82) is 0 Å². The summed E-state index contributed by atoms with van der Waals surface area (Å²) in [6.45, 7) is 0.134. The highest BCUT2D eigenvalue weighted by molar-refractivity contribution is 5.61. The lowest BCUT2D eigenvalue weighted by Crippen LogP contribution is -1.95. The molecule has 130 valence electrons. The lowest BCUT2D eigenvalue weighted by Gasteiger charge is -2.03. The minimum Gasteiger partial charge on any atom is -0.487 e. The van der Waals surface area contributed by atoms with E-state index in [-0.39, 0.29) is 12.4 Å². The topological polar surface area (TPSA) is 52.3 Å². The third-order valence-corrected chi connectivity index (χ3v) is 3.67. The minimum absolute atomic E-state index is 0.134. The van der Waals surface area contributed by atoms with Crippen LogP contribution in [0.15, 0.2) is 55.1 Å². The molecule has 1 aromatic carbocycles. The van der Waals surface area contributed by atoms with Crippen molar-refractivity contribution in [1.82, 2.24) is 19.4 Å². The molecule has 0 fully saturated rings. The molecule has 4 rings (SSSR count). The lowest BCUT2D eigenvalue weighted by molar-refractivity contribution is 0.300. The van der Waals surface area contributed by atoms with Gasteiger partial charge in [-0.15, -0.1) is 0 Å². The van der Waals surface area contributed by atoms with Crippen molar-refractivity contribution in [3.05, 3.63) is 78.4 Å². The SMILES string of the molecule is Fc1cccc(OCc2cn3cc(-c4cnc(F)c(F)c4)cnc3n2)c1. The van der Waals surface area contributed by atoms with Gasteiger partial charge in [0, 0.05) is 42.0 Å². The van der Waals surface area contributed by atoms with Gasteiger partial charge in [-0.25, -0.2) is 23.7 Å². The Kier molecular flexibility index (Phi) is 4.00. The summed E-state index contributed by atoms with van der Waals surface area (Å²) in [5.41, 5.74) is 1.53. The van der Waals surface area contributed by atoms with Crippen LogP contribution >= 0.6 is 0 Å². The van der Waals surface area contributed by atoms with Crippen LogP contribution in [0.5, 0.6) is 5.75 Å². The average molecular weight is 356 g/mol.